The van der Waals surface area contributed by atoms with E-state index in [1.165, 1.54) is 12.7 Å². The van der Waals surface area contributed by atoms with Gasteiger partial charge in [-0.3, -0.25) is 4.99 Å². The van der Waals surface area contributed by atoms with Crippen LogP contribution < -0.4 is 15.8 Å². The summed E-state index contributed by atoms with van der Waals surface area (Å²) in [5, 5.41) is 13.1. The molecule has 4 N–H and O–H groups in total. The molecule has 5 nitrogen and oxygen atoms in total. The van der Waals surface area contributed by atoms with Crippen molar-refractivity contribution < 1.29 is 9.84 Å². The van der Waals surface area contributed by atoms with Crippen LogP contribution in [0.3, 0.4) is 0 Å². The molecule has 0 aliphatic heterocycles. The first-order valence-electron chi connectivity index (χ1n) is 7.63. The Morgan fingerprint density at radius 1 is 1.13 bits per heavy atom. The molecule has 2 aromatic carbocycles. The van der Waals surface area contributed by atoms with Crippen LogP contribution in [0.15, 0.2) is 53.5 Å². The largest absolute Gasteiger partial charge is 0.504 e. The fourth-order valence-electron chi connectivity index (χ4n) is 2.27. The number of phenols is 1. The van der Waals surface area contributed by atoms with Gasteiger partial charge in [-0.05, 0) is 30.0 Å². The first kappa shape index (κ1) is 16.7. The average Bonchev–Trinajstić information content (AvgIpc) is 2.57. The second kappa shape index (κ2) is 8.68. The summed E-state index contributed by atoms with van der Waals surface area (Å²) in [6, 6.07) is 15.6. The topological polar surface area (TPSA) is 79.9 Å². The predicted octanol–water partition coefficient (Wildman–Crippen LogP) is 2.09. The number of guanidine groups is 1. The van der Waals surface area contributed by atoms with Gasteiger partial charge in [-0.2, -0.15) is 0 Å². The third-order valence-corrected chi connectivity index (χ3v) is 3.53. The molecule has 2 rings (SSSR count). The Balaban J connectivity index is 1.77. The molecule has 0 bridgehead atoms. The van der Waals surface area contributed by atoms with E-state index in [1.807, 2.05) is 30.3 Å². The number of nitrogens with two attached hydrogens (primary N) is 1. The molecule has 0 saturated heterocycles. The van der Waals surface area contributed by atoms with E-state index in [-0.39, 0.29) is 5.75 Å². The highest BCUT2D eigenvalue weighted by Gasteiger charge is 2.06. The maximum Gasteiger partial charge on any atom is 0.188 e. The van der Waals surface area contributed by atoms with Crippen LogP contribution in [0, 0.1) is 0 Å². The van der Waals surface area contributed by atoms with Crippen molar-refractivity contribution in [1.82, 2.24) is 5.32 Å². The minimum absolute atomic E-state index is 0.167. The second-order valence-corrected chi connectivity index (χ2v) is 5.15. The van der Waals surface area contributed by atoms with E-state index in [1.54, 1.807) is 6.07 Å². The number of aromatic hydroxyl groups is 1. The number of aliphatic imine (C=N–C) groups is 1. The summed E-state index contributed by atoms with van der Waals surface area (Å²) < 4.78 is 5.09. The Bertz CT molecular complexity index is 642. The molecule has 0 fully saturated rings. The summed E-state index contributed by atoms with van der Waals surface area (Å²) >= 11 is 0. The van der Waals surface area contributed by atoms with Crippen LogP contribution in [0.1, 0.15) is 11.1 Å². The minimum Gasteiger partial charge on any atom is -0.504 e. The smallest absolute Gasteiger partial charge is 0.188 e. The van der Waals surface area contributed by atoms with Crippen molar-refractivity contribution in [3.63, 3.8) is 0 Å². The molecule has 0 atom stereocenters. The number of rotatable bonds is 7. The molecule has 122 valence electrons. The molecular weight excluding hydrogens is 290 g/mol. The SMILES string of the molecule is COc1cccc(CCN=C(N)NCCc2ccccc2)c1O. The van der Waals surface area contributed by atoms with Crippen LogP contribution in [0.2, 0.25) is 0 Å². The Labute approximate surface area is 136 Å². The van der Waals surface area contributed by atoms with Gasteiger partial charge in [-0.1, -0.05) is 42.5 Å². The van der Waals surface area contributed by atoms with E-state index in [4.69, 9.17) is 10.5 Å². The highest BCUT2D eigenvalue weighted by atomic mass is 16.5. The van der Waals surface area contributed by atoms with Crippen LogP contribution in [-0.2, 0) is 12.8 Å². The molecule has 0 heterocycles. The van der Waals surface area contributed by atoms with Gasteiger partial charge >= 0.3 is 0 Å². The first-order chi connectivity index (χ1) is 11.2. The number of hydrogen-bond donors (Lipinski definition) is 3. The highest BCUT2D eigenvalue weighted by Crippen LogP contribution is 2.29. The standard InChI is InChI=1S/C18H23N3O2/c1-23-16-9-5-8-15(17(16)22)11-13-21-18(19)20-12-10-14-6-3-2-4-7-14/h2-9,22H,10-13H2,1H3,(H3,19,20,21). The molecule has 5 heteroatoms. The number of hydrogen-bond acceptors (Lipinski definition) is 3. The molecular formula is C18H23N3O2. The fourth-order valence-corrected chi connectivity index (χ4v) is 2.27. The van der Waals surface area contributed by atoms with Gasteiger partial charge in [0.15, 0.2) is 17.5 Å². The van der Waals surface area contributed by atoms with Crippen molar-refractivity contribution in [2.24, 2.45) is 10.7 Å². The summed E-state index contributed by atoms with van der Waals surface area (Å²) in [4.78, 5) is 4.28. The Kier molecular flexibility index (Phi) is 6.29. The summed E-state index contributed by atoms with van der Waals surface area (Å²) in [7, 11) is 1.53. The molecule has 2 aromatic rings. The van der Waals surface area contributed by atoms with Crippen LogP contribution in [-0.4, -0.2) is 31.3 Å². The molecule has 0 aliphatic rings. The first-order valence-corrected chi connectivity index (χ1v) is 7.63. The van der Waals surface area contributed by atoms with E-state index in [0.717, 1.165) is 18.5 Å². The quantitative estimate of drug-likeness (QED) is 0.540. The zero-order valence-electron chi connectivity index (χ0n) is 13.3. The maximum atomic E-state index is 10.0. The van der Waals surface area contributed by atoms with Gasteiger partial charge in [-0.25, -0.2) is 0 Å². The van der Waals surface area contributed by atoms with Gasteiger partial charge in [0.05, 0.1) is 7.11 Å². The van der Waals surface area contributed by atoms with Crippen molar-refractivity contribution in [2.45, 2.75) is 12.8 Å². The Morgan fingerprint density at radius 2 is 1.91 bits per heavy atom. The van der Waals surface area contributed by atoms with E-state index < -0.39 is 0 Å². The number of nitrogens with zero attached hydrogens (tertiary/aromatic N) is 1. The van der Waals surface area contributed by atoms with E-state index in [9.17, 15) is 5.11 Å². The average molecular weight is 313 g/mol. The number of methoxy groups -OCH3 is 1. The molecule has 23 heavy (non-hydrogen) atoms. The summed E-state index contributed by atoms with van der Waals surface area (Å²) in [5.74, 6) is 1.06. The van der Waals surface area contributed by atoms with Crippen molar-refractivity contribution in [2.75, 3.05) is 20.2 Å². The summed E-state index contributed by atoms with van der Waals surface area (Å²) in [6.45, 7) is 1.24. The Hall–Kier alpha value is -2.69. The van der Waals surface area contributed by atoms with Crippen LogP contribution in [0.5, 0.6) is 11.5 Å². The van der Waals surface area contributed by atoms with Gasteiger partial charge in [0.2, 0.25) is 0 Å². The van der Waals surface area contributed by atoms with Crippen molar-refractivity contribution in [3.8, 4) is 11.5 Å². The van der Waals surface area contributed by atoms with Crippen molar-refractivity contribution in [3.05, 3.63) is 59.7 Å². The molecule has 0 amide bonds. The minimum atomic E-state index is 0.167. The molecule has 0 unspecified atom stereocenters. The van der Waals surface area contributed by atoms with E-state index in [2.05, 4.69) is 22.4 Å². The monoisotopic (exact) mass is 313 g/mol. The predicted molar refractivity (Wildman–Crippen MR) is 93.0 cm³/mol. The van der Waals surface area contributed by atoms with Crippen LogP contribution >= 0.6 is 0 Å². The maximum absolute atomic E-state index is 10.0. The molecule has 0 spiro atoms. The molecule has 0 aliphatic carbocycles. The highest BCUT2D eigenvalue weighted by molar-refractivity contribution is 5.77. The zero-order chi connectivity index (χ0) is 16.5. The molecule has 0 radical (unpaired) electrons. The zero-order valence-corrected chi connectivity index (χ0v) is 13.3. The molecule has 0 saturated carbocycles. The van der Waals surface area contributed by atoms with E-state index >= 15 is 0 Å². The van der Waals surface area contributed by atoms with Crippen molar-refractivity contribution in [1.29, 1.82) is 0 Å². The van der Waals surface area contributed by atoms with Crippen LogP contribution in [0.4, 0.5) is 0 Å². The van der Waals surface area contributed by atoms with Gasteiger partial charge in [0, 0.05) is 13.1 Å². The third kappa shape index (κ3) is 5.21. The lowest BCUT2D eigenvalue weighted by atomic mass is 10.1. The molecule has 0 aromatic heterocycles. The number of para-hydroxylation sites is 1. The summed E-state index contributed by atoms with van der Waals surface area (Å²) in [6.07, 6.45) is 1.50. The fraction of sp³-hybridized carbons (Fsp3) is 0.278. The lowest BCUT2D eigenvalue weighted by Gasteiger charge is -2.08. The summed E-state index contributed by atoms with van der Waals surface area (Å²) in [5.41, 5.74) is 7.90. The number of benzene rings is 2. The third-order valence-electron chi connectivity index (χ3n) is 3.53. The van der Waals surface area contributed by atoms with E-state index in [0.29, 0.717) is 24.7 Å². The van der Waals surface area contributed by atoms with Gasteiger partial charge in [-0.15, -0.1) is 0 Å². The normalized spacial score (nSPS) is 11.3. The van der Waals surface area contributed by atoms with Crippen LogP contribution in [0.25, 0.3) is 0 Å². The lowest BCUT2D eigenvalue weighted by Crippen LogP contribution is -2.33. The number of ether oxygens (including phenoxy) is 1. The van der Waals surface area contributed by atoms with Gasteiger partial charge < -0.3 is 20.9 Å². The Morgan fingerprint density at radius 3 is 2.65 bits per heavy atom. The van der Waals surface area contributed by atoms with Gasteiger partial charge in [0.25, 0.3) is 0 Å². The number of phenolic OH excluding ortho intramolecular Hbond substituents is 1. The number of nitrogens with one attached hydrogen (secondary N) is 1. The van der Waals surface area contributed by atoms with Crippen molar-refractivity contribution >= 4 is 5.96 Å². The second-order valence-electron chi connectivity index (χ2n) is 5.15. The lowest BCUT2D eigenvalue weighted by molar-refractivity contribution is 0.370. The van der Waals surface area contributed by atoms with Gasteiger partial charge in [0.1, 0.15) is 0 Å².